The lowest BCUT2D eigenvalue weighted by Gasteiger charge is -2.31. The predicted molar refractivity (Wildman–Crippen MR) is 81.9 cm³/mol. The molecule has 1 aromatic heterocycles. The zero-order valence-electron chi connectivity index (χ0n) is 11.5. The van der Waals surface area contributed by atoms with Crippen LogP contribution in [0.3, 0.4) is 0 Å². The van der Waals surface area contributed by atoms with Crippen molar-refractivity contribution in [2.45, 2.75) is 51.5 Å². The molecule has 0 saturated heterocycles. The molecule has 106 valence electrons. The van der Waals surface area contributed by atoms with Crippen LogP contribution < -0.4 is 5.32 Å². The standard InChI is InChI=1S/C15H22Cl2N2/c1-2-8-18-14(11-6-4-3-5-7-11)15-13(17)9-12(16)10-19-15/h9-11,14,18H,2-8H2,1H3. The summed E-state index contributed by atoms with van der Waals surface area (Å²) in [6, 6.07) is 2.07. The van der Waals surface area contributed by atoms with Crippen molar-refractivity contribution in [3.8, 4) is 0 Å². The van der Waals surface area contributed by atoms with Gasteiger partial charge in [0, 0.05) is 6.20 Å². The van der Waals surface area contributed by atoms with Crippen LogP contribution in [0.4, 0.5) is 0 Å². The van der Waals surface area contributed by atoms with Crippen molar-refractivity contribution in [1.82, 2.24) is 10.3 Å². The molecule has 2 nitrogen and oxygen atoms in total. The number of aromatic nitrogens is 1. The lowest BCUT2D eigenvalue weighted by atomic mass is 9.82. The van der Waals surface area contributed by atoms with E-state index < -0.39 is 0 Å². The molecule has 4 heteroatoms. The van der Waals surface area contributed by atoms with E-state index in [1.165, 1.54) is 32.1 Å². The molecule has 0 spiro atoms. The number of nitrogens with one attached hydrogen (secondary N) is 1. The van der Waals surface area contributed by atoms with Crippen molar-refractivity contribution in [3.05, 3.63) is 28.0 Å². The first-order valence-corrected chi connectivity index (χ1v) is 8.02. The average Bonchev–Trinajstić information content (AvgIpc) is 2.42. The highest BCUT2D eigenvalue weighted by molar-refractivity contribution is 6.34. The highest BCUT2D eigenvalue weighted by Gasteiger charge is 2.27. The molecule has 1 atom stereocenters. The lowest BCUT2D eigenvalue weighted by Crippen LogP contribution is -2.31. The number of rotatable bonds is 5. The first kappa shape index (κ1) is 15.1. The average molecular weight is 301 g/mol. The van der Waals surface area contributed by atoms with E-state index in [9.17, 15) is 0 Å². The molecule has 1 aliphatic carbocycles. The minimum atomic E-state index is 0.269. The summed E-state index contributed by atoms with van der Waals surface area (Å²) < 4.78 is 0. The van der Waals surface area contributed by atoms with E-state index in [0.29, 0.717) is 16.0 Å². The van der Waals surface area contributed by atoms with E-state index in [-0.39, 0.29) is 6.04 Å². The van der Waals surface area contributed by atoms with Gasteiger partial charge < -0.3 is 5.32 Å². The summed E-state index contributed by atoms with van der Waals surface area (Å²) in [6.45, 7) is 3.18. The van der Waals surface area contributed by atoms with Gasteiger partial charge in [-0.15, -0.1) is 0 Å². The van der Waals surface area contributed by atoms with E-state index in [1.54, 1.807) is 12.3 Å². The van der Waals surface area contributed by atoms with Crippen molar-refractivity contribution >= 4 is 23.2 Å². The molecule has 0 aromatic carbocycles. The predicted octanol–water partition coefficient (Wildman–Crippen LogP) is 5.01. The molecule has 19 heavy (non-hydrogen) atoms. The molecule has 1 fully saturated rings. The monoisotopic (exact) mass is 300 g/mol. The van der Waals surface area contributed by atoms with Crippen LogP contribution in [0.25, 0.3) is 0 Å². The fourth-order valence-corrected chi connectivity index (χ4v) is 3.41. The molecule has 1 N–H and O–H groups in total. The topological polar surface area (TPSA) is 24.9 Å². The van der Waals surface area contributed by atoms with E-state index in [2.05, 4.69) is 17.2 Å². The zero-order valence-corrected chi connectivity index (χ0v) is 13.0. The molecular weight excluding hydrogens is 279 g/mol. The summed E-state index contributed by atoms with van der Waals surface area (Å²) in [5.74, 6) is 0.645. The Morgan fingerprint density at radius 3 is 2.68 bits per heavy atom. The highest BCUT2D eigenvalue weighted by Crippen LogP contribution is 2.36. The van der Waals surface area contributed by atoms with Gasteiger partial charge in [-0.3, -0.25) is 4.98 Å². The van der Waals surface area contributed by atoms with Crippen LogP contribution in [0.15, 0.2) is 12.3 Å². The second-order valence-corrected chi connectivity index (χ2v) is 6.19. The fourth-order valence-electron chi connectivity index (χ4n) is 2.91. The maximum absolute atomic E-state index is 6.34. The Bertz CT molecular complexity index is 403. The first-order chi connectivity index (χ1) is 9.22. The number of halogens is 2. The van der Waals surface area contributed by atoms with E-state index in [1.807, 2.05) is 0 Å². The number of nitrogens with zero attached hydrogens (tertiary/aromatic N) is 1. The molecule has 0 bridgehead atoms. The Balaban J connectivity index is 2.19. The third-order valence-electron chi connectivity index (χ3n) is 3.87. The van der Waals surface area contributed by atoms with E-state index in [0.717, 1.165) is 18.7 Å². The van der Waals surface area contributed by atoms with Crippen LogP contribution in [0.2, 0.25) is 10.0 Å². The normalized spacial score (nSPS) is 18.5. The van der Waals surface area contributed by atoms with Gasteiger partial charge in [-0.25, -0.2) is 0 Å². The van der Waals surface area contributed by atoms with Gasteiger partial charge in [0.25, 0.3) is 0 Å². The molecule has 2 rings (SSSR count). The second-order valence-electron chi connectivity index (χ2n) is 5.35. The van der Waals surface area contributed by atoms with Crippen LogP contribution in [0.1, 0.15) is 57.2 Å². The van der Waals surface area contributed by atoms with Gasteiger partial charge in [-0.05, 0) is 37.8 Å². The van der Waals surface area contributed by atoms with Gasteiger partial charge in [0.1, 0.15) is 0 Å². The van der Waals surface area contributed by atoms with Crippen LogP contribution in [-0.2, 0) is 0 Å². The van der Waals surface area contributed by atoms with Crippen molar-refractivity contribution in [3.63, 3.8) is 0 Å². The first-order valence-electron chi connectivity index (χ1n) is 7.26. The van der Waals surface area contributed by atoms with Crippen molar-refractivity contribution < 1.29 is 0 Å². The summed E-state index contributed by atoms with van der Waals surface area (Å²) in [4.78, 5) is 4.48. The number of hydrogen-bond acceptors (Lipinski definition) is 2. The minimum absolute atomic E-state index is 0.269. The fraction of sp³-hybridized carbons (Fsp3) is 0.667. The summed E-state index contributed by atoms with van der Waals surface area (Å²) >= 11 is 12.3. The summed E-state index contributed by atoms with van der Waals surface area (Å²) in [7, 11) is 0. The molecular formula is C15H22Cl2N2. The Labute approximate surface area is 125 Å². The van der Waals surface area contributed by atoms with E-state index >= 15 is 0 Å². The summed E-state index contributed by atoms with van der Waals surface area (Å²) in [5, 5.41) is 4.92. The second kappa shape index (κ2) is 7.47. The molecule has 1 heterocycles. The third-order valence-corrected chi connectivity index (χ3v) is 4.38. The Morgan fingerprint density at radius 1 is 1.32 bits per heavy atom. The minimum Gasteiger partial charge on any atom is -0.308 e. The number of pyridine rings is 1. The van der Waals surface area contributed by atoms with Gasteiger partial charge in [0.2, 0.25) is 0 Å². The van der Waals surface area contributed by atoms with Crippen LogP contribution in [0.5, 0.6) is 0 Å². The van der Waals surface area contributed by atoms with Crippen molar-refractivity contribution in [1.29, 1.82) is 0 Å². The Kier molecular flexibility index (Phi) is 5.93. The van der Waals surface area contributed by atoms with Crippen molar-refractivity contribution in [2.75, 3.05) is 6.54 Å². The Morgan fingerprint density at radius 2 is 2.05 bits per heavy atom. The van der Waals surface area contributed by atoms with Crippen LogP contribution >= 0.6 is 23.2 Å². The molecule has 1 unspecified atom stereocenters. The van der Waals surface area contributed by atoms with Gasteiger partial charge >= 0.3 is 0 Å². The maximum atomic E-state index is 6.34. The number of hydrogen-bond donors (Lipinski definition) is 1. The molecule has 1 saturated carbocycles. The van der Waals surface area contributed by atoms with Gasteiger partial charge in [-0.1, -0.05) is 49.4 Å². The quantitative estimate of drug-likeness (QED) is 0.827. The molecule has 0 amide bonds. The summed E-state index contributed by atoms with van der Waals surface area (Å²) in [6.07, 6.45) is 9.35. The SMILES string of the molecule is CCCNC(c1ncc(Cl)cc1Cl)C1CCCCC1. The maximum Gasteiger partial charge on any atom is 0.0762 e. The third kappa shape index (κ3) is 4.08. The highest BCUT2D eigenvalue weighted by atomic mass is 35.5. The van der Waals surface area contributed by atoms with Crippen LogP contribution in [0, 0.1) is 5.92 Å². The largest absolute Gasteiger partial charge is 0.308 e. The van der Waals surface area contributed by atoms with E-state index in [4.69, 9.17) is 23.2 Å². The Hall–Kier alpha value is -0.310. The van der Waals surface area contributed by atoms with Gasteiger partial charge in [0.15, 0.2) is 0 Å². The zero-order chi connectivity index (χ0) is 13.7. The molecule has 1 aromatic rings. The molecule has 1 aliphatic rings. The summed E-state index contributed by atoms with van der Waals surface area (Å²) in [5.41, 5.74) is 0.964. The molecule has 0 radical (unpaired) electrons. The lowest BCUT2D eigenvalue weighted by molar-refractivity contribution is 0.268. The van der Waals surface area contributed by atoms with Crippen LogP contribution in [-0.4, -0.2) is 11.5 Å². The molecule has 0 aliphatic heterocycles. The van der Waals surface area contributed by atoms with Crippen molar-refractivity contribution in [2.24, 2.45) is 5.92 Å². The van der Waals surface area contributed by atoms with Gasteiger partial charge in [-0.2, -0.15) is 0 Å². The smallest absolute Gasteiger partial charge is 0.0762 e. The van der Waals surface area contributed by atoms with Gasteiger partial charge in [0.05, 0.1) is 21.8 Å².